The van der Waals surface area contributed by atoms with Crippen molar-refractivity contribution in [3.05, 3.63) is 35.9 Å². The topological polar surface area (TPSA) is 50.4 Å². The third-order valence-electron chi connectivity index (χ3n) is 3.43. The molecule has 0 bridgehead atoms. The Hall–Kier alpha value is -1.39. The van der Waals surface area contributed by atoms with Crippen LogP contribution in [0, 0.1) is 0 Å². The van der Waals surface area contributed by atoms with Crippen molar-refractivity contribution < 1.29 is 9.53 Å². The number of carbonyl (C=O) groups is 1. The number of hydrogen-bond acceptors (Lipinski definition) is 3. The van der Waals surface area contributed by atoms with E-state index >= 15 is 0 Å². The van der Waals surface area contributed by atoms with E-state index in [1.807, 2.05) is 30.3 Å². The van der Waals surface area contributed by atoms with E-state index < -0.39 is 5.72 Å². The van der Waals surface area contributed by atoms with E-state index in [4.69, 9.17) is 4.74 Å². The highest BCUT2D eigenvalue weighted by atomic mass is 16.5. The molecular weight excluding hydrogens is 228 g/mol. The Morgan fingerprint density at radius 1 is 1.44 bits per heavy atom. The molecule has 0 unspecified atom stereocenters. The molecule has 2 rings (SSSR count). The molecule has 0 saturated carbocycles. The summed E-state index contributed by atoms with van der Waals surface area (Å²) < 4.78 is 5.71. The molecule has 98 valence electrons. The van der Waals surface area contributed by atoms with Crippen LogP contribution in [0.4, 0.5) is 0 Å². The summed E-state index contributed by atoms with van der Waals surface area (Å²) in [5.41, 5.74) is 0.606. The van der Waals surface area contributed by atoms with Crippen LogP contribution in [0.1, 0.15) is 25.3 Å². The lowest BCUT2D eigenvalue weighted by atomic mass is 9.90. The normalized spacial score (nSPS) is 27.8. The second-order valence-electron chi connectivity index (χ2n) is 4.71. The molecular formula is C14H20N2O2. The summed E-state index contributed by atoms with van der Waals surface area (Å²) >= 11 is 0. The van der Waals surface area contributed by atoms with E-state index in [-0.39, 0.29) is 11.9 Å². The highest BCUT2D eigenvalue weighted by molar-refractivity contribution is 5.73. The minimum Gasteiger partial charge on any atom is -0.359 e. The van der Waals surface area contributed by atoms with Crippen molar-refractivity contribution in [3.8, 4) is 0 Å². The summed E-state index contributed by atoms with van der Waals surface area (Å²) in [6.07, 6.45) is 1.67. The summed E-state index contributed by atoms with van der Waals surface area (Å²) in [5.74, 6) is 0.0139. The van der Waals surface area contributed by atoms with Gasteiger partial charge in [0.15, 0.2) is 0 Å². The molecule has 18 heavy (non-hydrogen) atoms. The number of hydrogen-bond donors (Lipinski definition) is 2. The molecule has 2 atom stereocenters. The average Bonchev–Trinajstić information content (AvgIpc) is 2.39. The first-order chi connectivity index (χ1) is 8.66. The molecule has 0 aromatic heterocycles. The maximum atomic E-state index is 11.2. The van der Waals surface area contributed by atoms with Crippen LogP contribution >= 0.6 is 0 Å². The van der Waals surface area contributed by atoms with E-state index in [0.717, 1.165) is 24.9 Å². The maximum absolute atomic E-state index is 11.2. The molecule has 1 fully saturated rings. The van der Waals surface area contributed by atoms with Crippen LogP contribution in [0.15, 0.2) is 30.3 Å². The molecule has 1 aromatic carbocycles. The molecule has 1 aliphatic rings. The number of rotatable bonds is 3. The van der Waals surface area contributed by atoms with Crippen molar-refractivity contribution >= 4 is 5.91 Å². The van der Waals surface area contributed by atoms with E-state index in [0.29, 0.717) is 0 Å². The third kappa shape index (κ3) is 2.71. The van der Waals surface area contributed by atoms with Gasteiger partial charge in [0.05, 0.1) is 0 Å². The summed E-state index contributed by atoms with van der Waals surface area (Å²) in [4.78, 5) is 11.2. The van der Waals surface area contributed by atoms with Crippen LogP contribution in [0.2, 0.25) is 0 Å². The Bertz CT molecular complexity index is 408. The van der Waals surface area contributed by atoms with Crippen LogP contribution in [0.25, 0.3) is 0 Å². The molecule has 1 heterocycles. The van der Waals surface area contributed by atoms with Crippen LogP contribution < -0.4 is 10.6 Å². The Kier molecular flexibility index (Phi) is 3.99. The molecule has 1 aromatic rings. The number of amides is 1. The van der Waals surface area contributed by atoms with Gasteiger partial charge in [-0.1, -0.05) is 30.3 Å². The second kappa shape index (κ2) is 5.50. The van der Waals surface area contributed by atoms with Gasteiger partial charge in [0.1, 0.15) is 5.72 Å². The number of piperidine rings is 1. The van der Waals surface area contributed by atoms with Crippen molar-refractivity contribution in [2.75, 3.05) is 13.7 Å². The first-order valence-corrected chi connectivity index (χ1v) is 6.29. The third-order valence-corrected chi connectivity index (χ3v) is 3.43. The standard InChI is InChI=1S/C14H20N2O2/c1-11(17)16-13-8-9-15-14(10-13,18-2)12-6-4-3-5-7-12/h3-7,13,15H,8-10H2,1-2H3,(H,16,17)/t13-,14-/m0/s1. The van der Waals surface area contributed by atoms with Crippen LogP contribution in [-0.4, -0.2) is 25.6 Å². The molecule has 1 aliphatic heterocycles. The van der Waals surface area contributed by atoms with Crippen molar-refractivity contribution in [2.45, 2.75) is 31.5 Å². The number of ether oxygens (including phenoxy) is 1. The highest BCUT2D eigenvalue weighted by Crippen LogP contribution is 2.31. The van der Waals surface area contributed by atoms with Gasteiger partial charge in [-0.2, -0.15) is 0 Å². The van der Waals surface area contributed by atoms with Gasteiger partial charge in [-0.05, 0) is 12.0 Å². The van der Waals surface area contributed by atoms with Gasteiger partial charge in [0.2, 0.25) is 5.91 Å². The van der Waals surface area contributed by atoms with Gasteiger partial charge in [-0.3, -0.25) is 10.1 Å². The minimum atomic E-state index is -0.493. The highest BCUT2D eigenvalue weighted by Gasteiger charge is 2.37. The molecule has 0 spiro atoms. The van der Waals surface area contributed by atoms with Gasteiger partial charge in [-0.25, -0.2) is 0 Å². The molecule has 4 nitrogen and oxygen atoms in total. The minimum absolute atomic E-state index is 0.0139. The second-order valence-corrected chi connectivity index (χ2v) is 4.71. The zero-order chi connectivity index (χ0) is 13.0. The van der Waals surface area contributed by atoms with Crippen molar-refractivity contribution in [1.29, 1.82) is 0 Å². The summed E-state index contributed by atoms with van der Waals surface area (Å²) in [6.45, 7) is 2.38. The molecule has 2 N–H and O–H groups in total. The van der Waals surface area contributed by atoms with E-state index in [1.54, 1.807) is 14.0 Å². The Morgan fingerprint density at radius 3 is 2.78 bits per heavy atom. The summed E-state index contributed by atoms with van der Waals surface area (Å²) in [5, 5.41) is 6.41. The quantitative estimate of drug-likeness (QED) is 0.849. The van der Waals surface area contributed by atoms with Gasteiger partial charge in [-0.15, -0.1) is 0 Å². The number of benzene rings is 1. The van der Waals surface area contributed by atoms with Crippen molar-refractivity contribution in [2.24, 2.45) is 0 Å². The van der Waals surface area contributed by atoms with Gasteiger partial charge in [0.25, 0.3) is 0 Å². The first-order valence-electron chi connectivity index (χ1n) is 6.29. The van der Waals surface area contributed by atoms with Crippen molar-refractivity contribution in [3.63, 3.8) is 0 Å². The zero-order valence-electron chi connectivity index (χ0n) is 10.9. The first kappa shape index (κ1) is 13.1. The molecule has 1 amide bonds. The van der Waals surface area contributed by atoms with Crippen molar-refractivity contribution in [1.82, 2.24) is 10.6 Å². The molecule has 1 saturated heterocycles. The lowest BCUT2D eigenvalue weighted by Crippen LogP contribution is -2.55. The zero-order valence-corrected chi connectivity index (χ0v) is 10.9. The smallest absolute Gasteiger partial charge is 0.217 e. The van der Waals surface area contributed by atoms with E-state index in [1.165, 1.54) is 0 Å². The summed E-state index contributed by atoms with van der Waals surface area (Å²) in [7, 11) is 1.70. The lowest BCUT2D eigenvalue weighted by Gasteiger charge is -2.41. The van der Waals surface area contributed by atoms with Crippen LogP contribution in [-0.2, 0) is 15.3 Å². The number of nitrogens with one attached hydrogen (secondary N) is 2. The predicted octanol–water partition coefficient (Wildman–Crippen LogP) is 1.37. The van der Waals surface area contributed by atoms with E-state index in [2.05, 4.69) is 10.6 Å². The fraction of sp³-hybridized carbons (Fsp3) is 0.500. The number of carbonyl (C=O) groups excluding carboxylic acids is 1. The molecule has 4 heteroatoms. The fourth-order valence-corrected chi connectivity index (χ4v) is 2.58. The van der Waals surface area contributed by atoms with Gasteiger partial charge in [0, 0.05) is 33.0 Å². The lowest BCUT2D eigenvalue weighted by molar-refractivity contribution is -0.121. The van der Waals surface area contributed by atoms with Gasteiger partial charge >= 0.3 is 0 Å². The van der Waals surface area contributed by atoms with Gasteiger partial charge < -0.3 is 10.1 Å². The Balaban J connectivity index is 2.19. The monoisotopic (exact) mass is 248 g/mol. The fourth-order valence-electron chi connectivity index (χ4n) is 2.58. The largest absolute Gasteiger partial charge is 0.359 e. The van der Waals surface area contributed by atoms with Crippen LogP contribution in [0.3, 0.4) is 0 Å². The average molecular weight is 248 g/mol. The molecule has 0 aliphatic carbocycles. The van der Waals surface area contributed by atoms with Crippen LogP contribution in [0.5, 0.6) is 0 Å². The van der Waals surface area contributed by atoms with E-state index in [9.17, 15) is 4.79 Å². The Morgan fingerprint density at radius 2 is 2.17 bits per heavy atom. The maximum Gasteiger partial charge on any atom is 0.217 e. The number of methoxy groups -OCH3 is 1. The summed E-state index contributed by atoms with van der Waals surface area (Å²) in [6, 6.07) is 10.2. The Labute approximate surface area is 108 Å². The SMILES string of the molecule is CO[C@]1(c2ccccc2)C[C@@H](NC(C)=O)CCN1. The molecule has 0 radical (unpaired) electrons. The predicted molar refractivity (Wildman–Crippen MR) is 70.0 cm³/mol.